The number of thioether (sulfide) groups is 1. The van der Waals surface area contributed by atoms with Crippen molar-refractivity contribution in [1.82, 2.24) is 5.32 Å². The summed E-state index contributed by atoms with van der Waals surface area (Å²) in [5.74, 6) is -0.457. The maximum Gasteiger partial charge on any atom is 0.286 e. The Hall–Kier alpha value is -2.84. The number of halogens is 2. The number of ether oxygens (including phenoxy) is 2. The van der Waals surface area contributed by atoms with Crippen LogP contribution >= 0.6 is 23.4 Å². The topological polar surface area (TPSA) is 77.0 Å². The third-order valence-corrected chi connectivity index (χ3v) is 4.91. The second kappa shape index (κ2) is 9.11. The molecule has 1 heterocycles. The maximum absolute atomic E-state index is 13.3. The van der Waals surface area contributed by atoms with Crippen molar-refractivity contribution < 1.29 is 23.5 Å². The van der Waals surface area contributed by atoms with Gasteiger partial charge in [0.1, 0.15) is 12.4 Å². The lowest BCUT2D eigenvalue weighted by Gasteiger charge is -2.13. The number of benzene rings is 2. The summed E-state index contributed by atoms with van der Waals surface area (Å²) in [6.07, 6.45) is 1.59. The predicted molar refractivity (Wildman–Crippen MR) is 111 cm³/mol. The molecule has 1 aliphatic heterocycles. The molecule has 6 nitrogen and oxygen atoms in total. The Kier molecular flexibility index (Phi) is 6.56. The number of nitrogens with one attached hydrogen (secondary N) is 1. The number of amidine groups is 1. The van der Waals surface area contributed by atoms with E-state index in [-0.39, 0.29) is 28.5 Å². The van der Waals surface area contributed by atoms with Gasteiger partial charge in [0.2, 0.25) is 5.91 Å². The van der Waals surface area contributed by atoms with Crippen LogP contribution in [0.4, 0.5) is 4.39 Å². The van der Waals surface area contributed by atoms with Crippen molar-refractivity contribution in [2.24, 2.45) is 4.99 Å². The molecule has 0 bridgehead atoms. The number of rotatable bonds is 5. The zero-order valence-corrected chi connectivity index (χ0v) is 17.1. The van der Waals surface area contributed by atoms with E-state index in [0.29, 0.717) is 27.5 Å². The molecule has 3 rings (SSSR count). The van der Waals surface area contributed by atoms with Crippen LogP contribution in [0, 0.1) is 5.82 Å². The second-order valence-corrected chi connectivity index (χ2v) is 7.40. The van der Waals surface area contributed by atoms with Gasteiger partial charge in [-0.25, -0.2) is 4.39 Å². The van der Waals surface area contributed by atoms with E-state index in [0.717, 1.165) is 11.8 Å². The van der Waals surface area contributed by atoms with E-state index >= 15 is 0 Å². The smallest absolute Gasteiger partial charge is 0.286 e. The van der Waals surface area contributed by atoms with Crippen LogP contribution in [0.2, 0.25) is 5.02 Å². The Bertz CT molecular complexity index is 1040. The minimum absolute atomic E-state index is 0.108. The van der Waals surface area contributed by atoms with Gasteiger partial charge in [0, 0.05) is 6.92 Å². The normalized spacial score (nSPS) is 14.7. The van der Waals surface area contributed by atoms with Crippen molar-refractivity contribution in [1.29, 1.82) is 0 Å². The molecule has 1 N–H and O–H groups in total. The Morgan fingerprint density at radius 3 is 2.83 bits per heavy atom. The van der Waals surface area contributed by atoms with Crippen molar-refractivity contribution in [3.63, 3.8) is 0 Å². The molecule has 0 atom stereocenters. The SMILES string of the molecule is COc1cc(/C=C2\SC(NC(C)=O)=NC2=O)cc(Cl)c1OCc1cccc(F)c1. The molecule has 0 radical (unpaired) electrons. The summed E-state index contributed by atoms with van der Waals surface area (Å²) in [6.45, 7) is 1.44. The first-order valence-electron chi connectivity index (χ1n) is 8.40. The Labute approximate surface area is 175 Å². The number of aliphatic imine (C=N–C) groups is 1. The molecule has 0 saturated carbocycles. The monoisotopic (exact) mass is 434 g/mol. The summed E-state index contributed by atoms with van der Waals surface area (Å²) in [7, 11) is 1.46. The van der Waals surface area contributed by atoms with Gasteiger partial charge in [-0.15, -0.1) is 0 Å². The number of nitrogens with zero attached hydrogens (tertiary/aromatic N) is 1. The first kappa shape index (κ1) is 20.9. The molecule has 2 amide bonds. The van der Waals surface area contributed by atoms with Gasteiger partial charge >= 0.3 is 0 Å². The molecular formula is C20H16ClFN2O4S. The molecule has 9 heteroatoms. The first-order chi connectivity index (χ1) is 13.9. The largest absolute Gasteiger partial charge is 0.493 e. The molecule has 0 aromatic heterocycles. The van der Waals surface area contributed by atoms with E-state index in [1.54, 1.807) is 30.3 Å². The summed E-state index contributed by atoms with van der Waals surface area (Å²) >= 11 is 7.40. The molecule has 0 fully saturated rings. The van der Waals surface area contributed by atoms with Crippen LogP contribution < -0.4 is 14.8 Å². The third-order valence-electron chi connectivity index (χ3n) is 3.73. The van der Waals surface area contributed by atoms with Gasteiger partial charge in [-0.2, -0.15) is 4.99 Å². The second-order valence-electron chi connectivity index (χ2n) is 5.97. The summed E-state index contributed by atoms with van der Waals surface area (Å²) < 4.78 is 24.4. The molecule has 0 aliphatic carbocycles. The van der Waals surface area contributed by atoms with E-state index in [9.17, 15) is 14.0 Å². The van der Waals surface area contributed by atoms with Gasteiger partial charge in [0.05, 0.1) is 17.0 Å². The van der Waals surface area contributed by atoms with Crippen LogP contribution in [0.1, 0.15) is 18.1 Å². The molecule has 150 valence electrons. The quantitative estimate of drug-likeness (QED) is 0.714. The van der Waals surface area contributed by atoms with Crippen molar-refractivity contribution >= 4 is 46.4 Å². The highest BCUT2D eigenvalue weighted by Crippen LogP contribution is 2.38. The van der Waals surface area contributed by atoms with Crippen LogP contribution in [0.25, 0.3) is 6.08 Å². The van der Waals surface area contributed by atoms with E-state index in [2.05, 4.69) is 10.3 Å². The summed E-state index contributed by atoms with van der Waals surface area (Å²) in [5.41, 5.74) is 1.24. The minimum Gasteiger partial charge on any atom is -0.493 e. The van der Waals surface area contributed by atoms with Gasteiger partial charge in [-0.1, -0.05) is 23.7 Å². The Morgan fingerprint density at radius 1 is 1.34 bits per heavy atom. The van der Waals surface area contributed by atoms with Crippen LogP contribution in [-0.2, 0) is 16.2 Å². The van der Waals surface area contributed by atoms with Gasteiger partial charge in [-0.3, -0.25) is 9.59 Å². The third kappa shape index (κ3) is 5.36. The van der Waals surface area contributed by atoms with Crippen LogP contribution in [-0.4, -0.2) is 24.1 Å². The highest BCUT2D eigenvalue weighted by Gasteiger charge is 2.23. The number of carbonyl (C=O) groups is 2. The molecule has 29 heavy (non-hydrogen) atoms. The Morgan fingerprint density at radius 2 is 2.14 bits per heavy atom. The van der Waals surface area contributed by atoms with E-state index < -0.39 is 5.91 Å². The molecule has 2 aromatic carbocycles. The summed E-state index contributed by atoms with van der Waals surface area (Å²) in [4.78, 5) is 27.2. The number of methoxy groups -OCH3 is 1. The maximum atomic E-state index is 13.3. The van der Waals surface area contributed by atoms with Crippen molar-refractivity contribution in [2.75, 3.05) is 7.11 Å². The number of hydrogen-bond acceptors (Lipinski definition) is 5. The molecule has 0 unspecified atom stereocenters. The van der Waals surface area contributed by atoms with E-state index in [1.165, 1.54) is 26.2 Å². The van der Waals surface area contributed by atoms with Crippen molar-refractivity contribution in [3.05, 3.63) is 63.3 Å². The fourth-order valence-corrected chi connectivity index (χ4v) is 3.64. The van der Waals surface area contributed by atoms with Gasteiger partial charge in [0.25, 0.3) is 5.91 Å². The minimum atomic E-state index is -0.458. The summed E-state index contributed by atoms with van der Waals surface area (Å²) in [5, 5.41) is 2.98. The number of carbonyl (C=O) groups excluding carboxylic acids is 2. The van der Waals surface area contributed by atoms with Crippen LogP contribution in [0.15, 0.2) is 46.3 Å². The van der Waals surface area contributed by atoms with Crippen LogP contribution in [0.3, 0.4) is 0 Å². The fourth-order valence-electron chi connectivity index (χ4n) is 2.51. The highest BCUT2D eigenvalue weighted by molar-refractivity contribution is 8.18. The molecule has 0 saturated heterocycles. The number of amides is 2. The lowest BCUT2D eigenvalue weighted by Crippen LogP contribution is -2.23. The van der Waals surface area contributed by atoms with Crippen molar-refractivity contribution in [2.45, 2.75) is 13.5 Å². The number of hydrogen-bond donors (Lipinski definition) is 1. The lowest BCUT2D eigenvalue weighted by atomic mass is 10.1. The fraction of sp³-hybridized carbons (Fsp3) is 0.150. The zero-order chi connectivity index (χ0) is 21.0. The van der Waals surface area contributed by atoms with Gasteiger partial charge in [-0.05, 0) is 53.2 Å². The molecule has 0 spiro atoms. The molecule has 2 aromatic rings. The van der Waals surface area contributed by atoms with Crippen molar-refractivity contribution in [3.8, 4) is 11.5 Å². The van der Waals surface area contributed by atoms with E-state index in [1.807, 2.05) is 0 Å². The average molecular weight is 435 g/mol. The standard InChI is InChI=1S/C20H16ClFN2O4S/c1-11(25)23-20-24-19(26)17(29-20)9-13-7-15(21)18(16(8-13)27-2)28-10-12-4-3-5-14(22)6-12/h3-9H,10H2,1-2H3,(H,23,24,25,26)/b17-9-. The predicted octanol–water partition coefficient (Wildman–Crippen LogP) is 4.17. The molecular weight excluding hydrogens is 419 g/mol. The summed E-state index contributed by atoms with van der Waals surface area (Å²) in [6, 6.07) is 9.32. The van der Waals surface area contributed by atoms with Gasteiger partial charge < -0.3 is 14.8 Å². The molecule has 1 aliphatic rings. The first-order valence-corrected chi connectivity index (χ1v) is 9.60. The van der Waals surface area contributed by atoms with Gasteiger partial charge in [0.15, 0.2) is 16.7 Å². The zero-order valence-electron chi connectivity index (χ0n) is 15.5. The van der Waals surface area contributed by atoms with E-state index in [4.69, 9.17) is 21.1 Å². The lowest BCUT2D eigenvalue weighted by molar-refractivity contribution is -0.117. The van der Waals surface area contributed by atoms with Crippen LogP contribution in [0.5, 0.6) is 11.5 Å². The highest BCUT2D eigenvalue weighted by atomic mass is 35.5. The Balaban J connectivity index is 1.80. The average Bonchev–Trinajstić information content (AvgIpc) is 2.98.